The summed E-state index contributed by atoms with van der Waals surface area (Å²) >= 11 is 5.92. The molecule has 2 atom stereocenters. The molecule has 1 aliphatic rings. The summed E-state index contributed by atoms with van der Waals surface area (Å²) in [6.45, 7) is 7.37. The van der Waals surface area contributed by atoms with Crippen molar-refractivity contribution in [1.82, 2.24) is 9.80 Å². The topological polar surface area (TPSA) is 23.6 Å². The van der Waals surface area contributed by atoms with Crippen LogP contribution in [-0.4, -0.2) is 54.3 Å². The van der Waals surface area contributed by atoms with Crippen molar-refractivity contribution in [2.24, 2.45) is 0 Å². The van der Waals surface area contributed by atoms with Crippen molar-refractivity contribution in [3.8, 4) is 0 Å². The molecule has 3 nitrogen and oxygen atoms in total. The van der Waals surface area contributed by atoms with E-state index in [9.17, 15) is 4.79 Å². The predicted molar refractivity (Wildman–Crippen MR) is 83.5 cm³/mol. The number of hydrogen-bond donors (Lipinski definition) is 0. The summed E-state index contributed by atoms with van der Waals surface area (Å²) in [6.07, 6.45) is 0.559. The minimum absolute atomic E-state index is 0.173. The zero-order chi connectivity index (χ0) is 14.7. The van der Waals surface area contributed by atoms with Gasteiger partial charge in [-0.15, -0.1) is 0 Å². The van der Waals surface area contributed by atoms with Gasteiger partial charge in [0.05, 0.1) is 0 Å². The number of likely N-dealkylation sites (N-methyl/N-ethyl adjacent to an activating group) is 1. The maximum atomic E-state index is 12.2. The van der Waals surface area contributed by atoms with Crippen LogP contribution in [0.3, 0.4) is 0 Å². The first-order chi connectivity index (χ1) is 9.47. The van der Waals surface area contributed by atoms with Gasteiger partial charge in [-0.3, -0.25) is 14.6 Å². The molecule has 0 radical (unpaired) electrons. The van der Waals surface area contributed by atoms with Crippen molar-refractivity contribution in [2.45, 2.75) is 32.4 Å². The van der Waals surface area contributed by atoms with E-state index >= 15 is 0 Å². The number of Topliss-reactive ketones (excluding diaryl/α,β-unsaturated/α-hetero) is 1. The van der Waals surface area contributed by atoms with Gasteiger partial charge in [0.15, 0.2) is 5.78 Å². The molecule has 0 aliphatic carbocycles. The van der Waals surface area contributed by atoms with Gasteiger partial charge < -0.3 is 0 Å². The lowest BCUT2D eigenvalue weighted by atomic mass is 10.1. The van der Waals surface area contributed by atoms with Crippen LogP contribution >= 0.6 is 11.6 Å². The van der Waals surface area contributed by atoms with Crippen LogP contribution in [0.4, 0.5) is 0 Å². The highest BCUT2D eigenvalue weighted by atomic mass is 35.5. The molecule has 1 aliphatic heterocycles. The highest BCUT2D eigenvalue weighted by Crippen LogP contribution is 2.15. The van der Waals surface area contributed by atoms with E-state index in [0.29, 0.717) is 29.1 Å². The molecule has 1 fully saturated rings. The Morgan fingerprint density at radius 2 is 1.95 bits per heavy atom. The van der Waals surface area contributed by atoms with Gasteiger partial charge in [0.2, 0.25) is 0 Å². The Balaban J connectivity index is 1.88. The molecule has 1 saturated heterocycles. The Morgan fingerprint density at radius 3 is 2.55 bits per heavy atom. The van der Waals surface area contributed by atoms with Crippen molar-refractivity contribution in [2.75, 3.05) is 26.7 Å². The maximum absolute atomic E-state index is 12.2. The lowest BCUT2D eigenvalue weighted by molar-refractivity contribution is 0.0575. The molecule has 2 rings (SSSR count). The third kappa shape index (κ3) is 3.81. The van der Waals surface area contributed by atoms with Crippen LogP contribution in [0.5, 0.6) is 0 Å². The lowest BCUT2D eigenvalue weighted by Gasteiger charge is -2.42. The van der Waals surface area contributed by atoms with E-state index in [2.05, 4.69) is 30.7 Å². The van der Waals surface area contributed by atoms with Gasteiger partial charge in [-0.2, -0.15) is 0 Å². The molecule has 0 aromatic heterocycles. The molecule has 1 aromatic carbocycles. The molecule has 20 heavy (non-hydrogen) atoms. The average Bonchev–Trinajstić information content (AvgIpc) is 2.42. The number of hydrogen-bond acceptors (Lipinski definition) is 3. The van der Waals surface area contributed by atoms with E-state index < -0.39 is 0 Å². The van der Waals surface area contributed by atoms with Crippen LogP contribution in [-0.2, 0) is 0 Å². The standard InChI is InChI=1S/C16H23ClN2O/c1-12-10-19(11-13(2)18(12)3)8-7-16(20)14-5-4-6-15(17)9-14/h4-6,9,12-13H,7-8,10-11H2,1-3H3. The van der Waals surface area contributed by atoms with Crippen molar-refractivity contribution in [1.29, 1.82) is 0 Å². The van der Waals surface area contributed by atoms with Crippen LogP contribution < -0.4 is 0 Å². The molecule has 0 spiro atoms. The molecule has 2 unspecified atom stereocenters. The molecule has 1 aromatic rings. The Labute approximate surface area is 126 Å². The smallest absolute Gasteiger partial charge is 0.164 e. The van der Waals surface area contributed by atoms with Gasteiger partial charge in [0, 0.05) is 48.7 Å². The number of rotatable bonds is 4. The summed E-state index contributed by atoms with van der Waals surface area (Å²) in [5, 5.41) is 0.623. The number of nitrogens with zero attached hydrogens (tertiary/aromatic N) is 2. The summed E-state index contributed by atoms with van der Waals surface area (Å²) in [6, 6.07) is 8.29. The molecule has 0 amide bonds. The van der Waals surface area contributed by atoms with Gasteiger partial charge in [-0.05, 0) is 33.0 Å². The molecule has 0 bridgehead atoms. The molecule has 0 N–H and O–H groups in total. The normalized spacial score (nSPS) is 24.8. The summed E-state index contributed by atoms with van der Waals surface area (Å²) in [5.41, 5.74) is 0.715. The van der Waals surface area contributed by atoms with Crippen molar-refractivity contribution in [3.05, 3.63) is 34.9 Å². The third-order valence-electron chi connectivity index (χ3n) is 4.24. The minimum atomic E-state index is 0.173. The Bertz CT molecular complexity index is 465. The number of carbonyl (C=O) groups is 1. The van der Waals surface area contributed by atoms with E-state index in [0.717, 1.165) is 19.6 Å². The fraction of sp³-hybridized carbons (Fsp3) is 0.562. The minimum Gasteiger partial charge on any atom is -0.300 e. The number of piperazine rings is 1. The quantitative estimate of drug-likeness (QED) is 0.798. The first kappa shape index (κ1) is 15.5. The molecular formula is C16H23ClN2O. The van der Waals surface area contributed by atoms with Crippen LogP contribution in [0.2, 0.25) is 5.02 Å². The van der Waals surface area contributed by atoms with Crippen LogP contribution in [0.15, 0.2) is 24.3 Å². The van der Waals surface area contributed by atoms with E-state index in [1.165, 1.54) is 0 Å². The molecule has 4 heteroatoms. The zero-order valence-electron chi connectivity index (χ0n) is 12.5. The second-order valence-corrected chi connectivity index (χ2v) is 6.24. The second kappa shape index (κ2) is 6.70. The van der Waals surface area contributed by atoms with Gasteiger partial charge in [0.25, 0.3) is 0 Å². The number of ketones is 1. The highest BCUT2D eigenvalue weighted by Gasteiger charge is 2.26. The van der Waals surface area contributed by atoms with E-state index in [1.807, 2.05) is 12.1 Å². The fourth-order valence-electron chi connectivity index (χ4n) is 2.76. The van der Waals surface area contributed by atoms with Crippen molar-refractivity contribution in [3.63, 3.8) is 0 Å². The van der Waals surface area contributed by atoms with Crippen molar-refractivity contribution < 1.29 is 4.79 Å². The van der Waals surface area contributed by atoms with Gasteiger partial charge in [-0.25, -0.2) is 0 Å². The lowest BCUT2D eigenvalue weighted by Crippen LogP contribution is -2.55. The zero-order valence-corrected chi connectivity index (χ0v) is 13.2. The maximum Gasteiger partial charge on any atom is 0.164 e. The van der Waals surface area contributed by atoms with Crippen LogP contribution in [0.1, 0.15) is 30.6 Å². The summed E-state index contributed by atoms with van der Waals surface area (Å²) in [5.74, 6) is 0.173. The fourth-order valence-corrected chi connectivity index (χ4v) is 2.95. The highest BCUT2D eigenvalue weighted by molar-refractivity contribution is 6.31. The summed E-state index contributed by atoms with van der Waals surface area (Å²) in [4.78, 5) is 17.0. The first-order valence-corrected chi connectivity index (χ1v) is 7.58. The summed E-state index contributed by atoms with van der Waals surface area (Å²) in [7, 11) is 2.17. The largest absolute Gasteiger partial charge is 0.300 e. The van der Waals surface area contributed by atoms with E-state index in [-0.39, 0.29) is 5.78 Å². The second-order valence-electron chi connectivity index (χ2n) is 5.81. The third-order valence-corrected chi connectivity index (χ3v) is 4.47. The van der Waals surface area contributed by atoms with Crippen LogP contribution in [0, 0.1) is 0 Å². The SMILES string of the molecule is CC1CN(CCC(=O)c2cccc(Cl)c2)CC(C)N1C. The predicted octanol–water partition coefficient (Wildman–Crippen LogP) is 2.94. The van der Waals surface area contributed by atoms with Crippen LogP contribution in [0.25, 0.3) is 0 Å². The molecule has 1 heterocycles. The number of carbonyl (C=O) groups excluding carboxylic acids is 1. The van der Waals surface area contributed by atoms with Gasteiger partial charge in [0.1, 0.15) is 0 Å². The summed E-state index contributed by atoms with van der Waals surface area (Å²) < 4.78 is 0. The Kier molecular flexibility index (Phi) is 5.19. The van der Waals surface area contributed by atoms with E-state index in [1.54, 1.807) is 12.1 Å². The molecule has 0 saturated carbocycles. The monoisotopic (exact) mass is 294 g/mol. The van der Waals surface area contributed by atoms with Gasteiger partial charge in [-0.1, -0.05) is 23.7 Å². The molecular weight excluding hydrogens is 272 g/mol. The number of benzene rings is 1. The molecule has 110 valence electrons. The Morgan fingerprint density at radius 1 is 1.30 bits per heavy atom. The number of halogens is 1. The average molecular weight is 295 g/mol. The van der Waals surface area contributed by atoms with E-state index in [4.69, 9.17) is 11.6 Å². The van der Waals surface area contributed by atoms with Crippen molar-refractivity contribution >= 4 is 17.4 Å². The van der Waals surface area contributed by atoms with Gasteiger partial charge >= 0.3 is 0 Å². The Hall–Kier alpha value is -0.900. The first-order valence-electron chi connectivity index (χ1n) is 7.20.